The number of phenols is 1. The molecule has 0 saturated carbocycles. The minimum absolute atomic E-state index is 0.321. The summed E-state index contributed by atoms with van der Waals surface area (Å²) in [5, 5.41) is 13.0. The maximum Gasteiger partial charge on any atom is 0.144 e. The van der Waals surface area contributed by atoms with Gasteiger partial charge < -0.3 is 14.6 Å². The molecule has 3 aromatic rings. The molecular weight excluding hydrogens is 568 g/mol. The fourth-order valence-corrected chi connectivity index (χ4v) is 6.23. The molecule has 0 radical (unpaired) electrons. The Morgan fingerprint density at radius 2 is 1.51 bits per heavy atom. The molecule has 4 rings (SSSR count). The Morgan fingerprint density at radius 1 is 0.902 bits per heavy atom. The zero-order valence-electron chi connectivity index (χ0n) is 25.8. The normalized spacial score (nSPS) is 14.3. The summed E-state index contributed by atoms with van der Waals surface area (Å²) in [5.74, 6) is 1.12. The summed E-state index contributed by atoms with van der Waals surface area (Å²) >= 11 is 6.42. The van der Waals surface area contributed by atoms with Crippen molar-refractivity contribution in [3.05, 3.63) is 70.1 Å². The standard InChI is InChI=1S/C31H45ClN4O3Si2/c1-22-15-24(16-23(2)30(22)37)28-17-25(19-35(34-28)20-38-11-13-40(3,4)5)31-33-27-10-9-26(32)18-29(27)36(31)21-39-12-14-41(6,7)8/h9-10,15-19,34,37H,11-14,20-21H2,1-8H3. The molecule has 222 valence electrons. The van der Waals surface area contributed by atoms with Crippen molar-refractivity contribution in [3.8, 4) is 5.75 Å². The second-order valence-corrected chi connectivity index (χ2v) is 25.1. The highest BCUT2D eigenvalue weighted by Gasteiger charge is 2.22. The van der Waals surface area contributed by atoms with Crippen molar-refractivity contribution in [3.63, 3.8) is 0 Å². The third-order valence-corrected chi connectivity index (χ3v) is 10.7. The predicted molar refractivity (Wildman–Crippen MR) is 176 cm³/mol. The number of hydrogen-bond donors (Lipinski definition) is 2. The highest BCUT2D eigenvalue weighted by atomic mass is 35.5. The molecule has 0 atom stereocenters. The third-order valence-electron chi connectivity index (χ3n) is 7.07. The van der Waals surface area contributed by atoms with Crippen LogP contribution in [0, 0.1) is 13.8 Å². The van der Waals surface area contributed by atoms with Gasteiger partial charge in [-0.05, 0) is 73.5 Å². The molecular formula is C31H45ClN4O3Si2. The molecule has 1 aliphatic rings. The average Bonchev–Trinajstić information content (AvgIpc) is 3.23. The number of nitrogens with zero attached hydrogens (tertiary/aromatic N) is 3. The van der Waals surface area contributed by atoms with Crippen LogP contribution in [0.15, 0.2) is 42.6 Å². The lowest BCUT2D eigenvalue weighted by molar-refractivity contribution is 0.0466. The summed E-state index contributed by atoms with van der Waals surface area (Å²) in [6.45, 7) is 20.2. The van der Waals surface area contributed by atoms with Crippen LogP contribution in [0.2, 0.25) is 56.4 Å². The molecule has 0 saturated heterocycles. The molecule has 0 spiro atoms. The van der Waals surface area contributed by atoms with E-state index in [9.17, 15) is 5.11 Å². The number of fused-ring (bicyclic) bond motifs is 1. The van der Waals surface area contributed by atoms with Gasteiger partial charge in [0.1, 0.15) is 25.0 Å². The summed E-state index contributed by atoms with van der Waals surface area (Å²) in [4.78, 5) is 5.04. The van der Waals surface area contributed by atoms with E-state index in [1.165, 1.54) is 0 Å². The summed E-state index contributed by atoms with van der Waals surface area (Å²) in [6.07, 6.45) is 4.14. The molecule has 0 unspecified atom stereocenters. The van der Waals surface area contributed by atoms with E-state index in [0.717, 1.165) is 63.5 Å². The lowest BCUT2D eigenvalue weighted by Crippen LogP contribution is -2.37. The quantitative estimate of drug-likeness (QED) is 0.160. The monoisotopic (exact) mass is 612 g/mol. The second-order valence-electron chi connectivity index (χ2n) is 13.4. The minimum atomic E-state index is -1.22. The van der Waals surface area contributed by atoms with Crippen LogP contribution in [0.25, 0.3) is 22.3 Å². The van der Waals surface area contributed by atoms with Crippen LogP contribution in [0.5, 0.6) is 5.75 Å². The molecule has 1 aliphatic heterocycles. The highest BCUT2D eigenvalue weighted by molar-refractivity contribution is 6.76. The number of benzene rings is 2. The number of phenolic OH excluding ortho intramolecular Hbond substituents is 1. The molecule has 2 heterocycles. The van der Waals surface area contributed by atoms with Gasteiger partial charge in [-0.1, -0.05) is 50.9 Å². The molecule has 0 aliphatic carbocycles. The van der Waals surface area contributed by atoms with Crippen molar-refractivity contribution in [1.29, 1.82) is 0 Å². The minimum Gasteiger partial charge on any atom is -0.507 e. The number of aromatic hydroxyl groups is 1. The summed E-state index contributed by atoms with van der Waals surface area (Å²) in [6, 6.07) is 12.0. The number of nitrogens with one attached hydrogen (secondary N) is 1. The molecule has 7 nitrogen and oxygen atoms in total. The fraction of sp³-hybridized carbons (Fsp3) is 0.452. The topological polar surface area (TPSA) is 71.8 Å². The first-order valence-corrected chi connectivity index (χ1v) is 22.1. The van der Waals surface area contributed by atoms with E-state index in [1.807, 2.05) is 55.4 Å². The Balaban J connectivity index is 1.72. The molecule has 41 heavy (non-hydrogen) atoms. The van der Waals surface area contributed by atoms with Gasteiger partial charge in [-0.3, -0.25) is 15.0 Å². The van der Waals surface area contributed by atoms with Gasteiger partial charge in [0.25, 0.3) is 0 Å². The Kier molecular flexibility index (Phi) is 9.75. The third kappa shape index (κ3) is 8.48. The van der Waals surface area contributed by atoms with Crippen LogP contribution in [-0.4, -0.2) is 55.8 Å². The summed E-state index contributed by atoms with van der Waals surface area (Å²) < 4.78 is 14.4. The van der Waals surface area contributed by atoms with Gasteiger partial charge in [-0.25, -0.2) is 4.98 Å². The highest BCUT2D eigenvalue weighted by Crippen LogP contribution is 2.32. The zero-order valence-corrected chi connectivity index (χ0v) is 28.5. The lowest BCUT2D eigenvalue weighted by Gasteiger charge is -2.29. The Bertz CT molecular complexity index is 1430. The lowest BCUT2D eigenvalue weighted by atomic mass is 10.0. The first-order chi connectivity index (χ1) is 19.2. The van der Waals surface area contributed by atoms with Crippen LogP contribution in [0.4, 0.5) is 0 Å². The van der Waals surface area contributed by atoms with E-state index in [2.05, 4.69) is 55.4 Å². The van der Waals surface area contributed by atoms with Gasteiger partial charge in [0.15, 0.2) is 0 Å². The number of hydrazine groups is 1. The summed E-state index contributed by atoms with van der Waals surface area (Å²) in [7, 11) is -2.42. The van der Waals surface area contributed by atoms with Crippen LogP contribution in [-0.2, 0) is 16.2 Å². The summed E-state index contributed by atoms with van der Waals surface area (Å²) in [5.41, 5.74) is 9.77. The van der Waals surface area contributed by atoms with E-state index in [-0.39, 0.29) is 0 Å². The van der Waals surface area contributed by atoms with E-state index < -0.39 is 16.1 Å². The number of imidazole rings is 1. The number of halogens is 1. The van der Waals surface area contributed by atoms with Gasteiger partial charge in [-0.15, -0.1) is 0 Å². The molecule has 2 N–H and O–H groups in total. The van der Waals surface area contributed by atoms with Gasteiger partial charge in [-0.2, -0.15) is 0 Å². The van der Waals surface area contributed by atoms with Crippen molar-refractivity contribution in [1.82, 2.24) is 20.0 Å². The number of ether oxygens (including phenoxy) is 2. The largest absolute Gasteiger partial charge is 0.507 e. The molecule has 1 aromatic heterocycles. The van der Waals surface area contributed by atoms with E-state index in [0.29, 0.717) is 30.8 Å². The van der Waals surface area contributed by atoms with Crippen molar-refractivity contribution >= 4 is 50.1 Å². The molecule has 0 fully saturated rings. The fourth-order valence-electron chi connectivity index (χ4n) is 4.55. The first kappa shape index (κ1) is 31.4. The number of aromatic nitrogens is 2. The molecule has 0 amide bonds. The van der Waals surface area contributed by atoms with E-state index in [1.54, 1.807) is 0 Å². The van der Waals surface area contributed by atoms with Crippen LogP contribution < -0.4 is 5.43 Å². The van der Waals surface area contributed by atoms with Crippen LogP contribution in [0.3, 0.4) is 0 Å². The van der Waals surface area contributed by atoms with Crippen molar-refractivity contribution < 1.29 is 14.6 Å². The molecule has 10 heteroatoms. The Morgan fingerprint density at radius 3 is 2.12 bits per heavy atom. The number of allylic oxidation sites excluding steroid dienone is 2. The van der Waals surface area contributed by atoms with Gasteiger partial charge >= 0.3 is 0 Å². The number of aryl methyl sites for hydroxylation is 2. The van der Waals surface area contributed by atoms with Crippen molar-refractivity contribution in [2.45, 2.75) is 71.9 Å². The van der Waals surface area contributed by atoms with Crippen LogP contribution in [0.1, 0.15) is 22.5 Å². The van der Waals surface area contributed by atoms with Crippen LogP contribution >= 0.6 is 11.6 Å². The number of rotatable bonds is 12. The molecule has 2 aromatic carbocycles. The Labute approximate surface area is 251 Å². The zero-order chi connectivity index (χ0) is 29.9. The average molecular weight is 613 g/mol. The van der Waals surface area contributed by atoms with E-state index >= 15 is 0 Å². The Hall–Kier alpha value is -2.57. The van der Waals surface area contributed by atoms with Gasteiger partial charge in [0, 0.05) is 51.7 Å². The second kappa shape index (κ2) is 12.7. The molecule has 0 bridgehead atoms. The smallest absolute Gasteiger partial charge is 0.144 e. The van der Waals surface area contributed by atoms with Crippen molar-refractivity contribution in [2.24, 2.45) is 0 Å². The van der Waals surface area contributed by atoms with Gasteiger partial charge in [0.05, 0.1) is 16.7 Å². The van der Waals surface area contributed by atoms with Crippen molar-refractivity contribution in [2.75, 3.05) is 19.9 Å². The maximum absolute atomic E-state index is 10.4. The SMILES string of the molecule is Cc1cc(C2=CC(c3nc4ccc(Cl)cc4n3COCC[Si](C)(C)C)=CN(COCC[Si](C)(C)C)N2)cc(C)c1O. The number of hydrogen-bond acceptors (Lipinski definition) is 6. The predicted octanol–water partition coefficient (Wildman–Crippen LogP) is 7.84. The maximum atomic E-state index is 10.4. The van der Waals surface area contributed by atoms with E-state index in [4.69, 9.17) is 26.1 Å². The first-order valence-electron chi connectivity index (χ1n) is 14.3. The van der Waals surface area contributed by atoms with Gasteiger partial charge in [0.2, 0.25) is 0 Å².